The van der Waals surface area contributed by atoms with E-state index in [0.29, 0.717) is 5.02 Å². The Labute approximate surface area is 148 Å². The zero-order chi connectivity index (χ0) is 16.8. The standard InChI is InChI=1S/C16H15BrClNO3S/c17-11-3-1-10(2-4-11)14-15(16(14,19)9-20)23(21,22)13-7-5-12(18)6-8-13/h1-8,14-15,20H,9,19H2. The van der Waals surface area contributed by atoms with Crippen LogP contribution in [0.3, 0.4) is 0 Å². The van der Waals surface area contributed by atoms with Gasteiger partial charge in [-0.3, -0.25) is 0 Å². The maximum Gasteiger partial charge on any atom is 0.183 e. The molecule has 3 rings (SSSR count). The van der Waals surface area contributed by atoms with Crippen LogP contribution in [-0.2, 0) is 9.84 Å². The van der Waals surface area contributed by atoms with Gasteiger partial charge in [0.2, 0.25) is 0 Å². The highest BCUT2D eigenvalue weighted by Gasteiger charge is 2.69. The molecule has 1 saturated carbocycles. The molecule has 1 aliphatic carbocycles. The molecule has 2 aromatic rings. The topological polar surface area (TPSA) is 80.4 Å². The van der Waals surface area contributed by atoms with Gasteiger partial charge in [-0.15, -0.1) is 0 Å². The lowest BCUT2D eigenvalue weighted by atomic mass is 10.1. The summed E-state index contributed by atoms with van der Waals surface area (Å²) in [5.41, 5.74) is 5.81. The first-order valence-electron chi connectivity index (χ1n) is 6.95. The molecule has 122 valence electrons. The van der Waals surface area contributed by atoms with E-state index in [-0.39, 0.29) is 4.90 Å². The van der Waals surface area contributed by atoms with Crippen molar-refractivity contribution in [3.8, 4) is 0 Å². The van der Waals surface area contributed by atoms with Gasteiger partial charge in [-0.2, -0.15) is 0 Å². The van der Waals surface area contributed by atoms with Gasteiger partial charge in [-0.05, 0) is 42.0 Å². The van der Waals surface area contributed by atoms with Crippen molar-refractivity contribution in [2.24, 2.45) is 5.73 Å². The molecule has 23 heavy (non-hydrogen) atoms. The van der Waals surface area contributed by atoms with Crippen molar-refractivity contribution in [2.75, 3.05) is 6.61 Å². The van der Waals surface area contributed by atoms with Gasteiger partial charge in [-0.1, -0.05) is 39.7 Å². The van der Waals surface area contributed by atoms with E-state index in [2.05, 4.69) is 15.9 Å². The largest absolute Gasteiger partial charge is 0.394 e. The number of aliphatic hydroxyl groups is 1. The Hall–Kier alpha value is -0.920. The smallest absolute Gasteiger partial charge is 0.183 e. The second kappa shape index (κ2) is 5.86. The fourth-order valence-corrected chi connectivity index (χ4v) is 5.69. The second-order valence-electron chi connectivity index (χ2n) is 5.72. The van der Waals surface area contributed by atoms with Crippen molar-refractivity contribution in [3.05, 3.63) is 63.6 Å². The summed E-state index contributed by atoms with van der Waals surface area (Å²) in [6, 6.07) is 13.3. The zero-order valence-electron chi connectivity index (χ0n) is 12.0. The Morgan fingerprint density at radius 2 is 1.70 bits per heavy atom. The van der Waals surface area contributed by atoms with Crippen molar-refractivity contribution in [3.63, 3.8) is 0 Å². The molecule has 0 radical (unpaired) electrons. The molecule has 0 bridgehead atoms. The van der Waals surface area contributed by atoms with Gasteiger partial charge in [0.1, 0.15) is 0 Å². The highest BCUT2D eigenvalue weighted by atomic mass is 79.9. The summed E-state index contributed by atoms with van der Waals surface area (Å²) in [4.78, 5) is 0.162. The van der Waals surface area contributed by atoms with Crippen LogP contribution in [0.4, 0.5) is 0 Å². The van der Waals surface area contributed by atoms with Crippen molar-refractivity contribution >= 4 is 37.4 Å². The van der Waals surface area contributed by atoms with Crippen LogP contribution in [0.1, 0.15) is 11.5 Å². The van der Waals surface area contributed by atoms with Gasteiger partial charge in [0, 0.05) is 15.4 Å². The Morgan fingerprint density at radius 1 is 1.13 bits per heavy atom. The predicted octanol–water partition coefficient (Wildman–Crippen LogP) is 2.73. The van der Waals surface area contributed by atoms with Crippen LogP contribution in [0.2, 0.25) is 5.02 Å². The van der Waals surface area contributed by atoms with E-state index in [0.717, 1.165) is 10.0 Å². The summed E-state index contributed by atoms with van der Waals surface area (Å²) < 4.78 is 26.7. The van der Waals surface area contributed by atoms with Crippen LogP contribution in [0, 0.1) is 0 Å². The average Bonchev–Trinajstić information content (AvgIpc) is 3.16. The molecular formula is C16H15BrClNO3S. The fourth-order valence-electron chi connectivity index (χ4n) is 3.01. The zero-order valence-corrected chi connectivity index (χ0v) is 15.1. The lowest BCUT2D eigenvalue weighted by molar-refractivity contribution is 0.253. The Balaban J connectivity index is 2.01. The van der Waals surface area contributed by atoms with Crippen LogP contribution in [0.15, 0.2) is 57.9 Å². The van der Waals surface area contributed by atoms with Gasteiger partial charge in [0.15, 0.2) is 9.84 Å². The summed E-state index contributed by atoms with van der Waals surface area (Å²) in [5, 5.41) is 9.26. The fraction of sp³-hybridized carbons (Fsp3) is 0.250. The molecule has 3 N–H and O–H groups in total. The molecule has 0 heterocycles. The first-order valence-corrected chi connectivity index (χ1v) is 9.67. The minimum Gasteiger partial charge on any atom is -0.394 e. The lowest BCUT2D eigenvalue weighted by Gasteiger charge is -2.08. The first-order chi connectivity index (χ1) is 10.8. The minimum absolute atomic E-state index is 0.162. The number of aliphatic hydroxyl groups excluding tert-OH is 1. The van der Waals surface area contributed by atoms with Gasteiger partial charge >= 0.3 is 0 Å². The molecule has 3 unspecified atom stereocenters. The van der Waals surface area contributed by atoms with Crippen molar-refractivity contribution in [2.45, 2.75) is 21.6 Å². The monoisotopic (exact) mass is 415 g/mol. The van der Waals surface area contributed by atoms with Gasteiger partial charge < -0.3 is 10.8 Å². The molecule has 0 amide bonds. The van der Waals surface area contributed by atoms with Gasteiger partial charge in [0.05, 0.1) is 22.3 Å². The second-order valence-corrected chi connectivity index (χ2v) is 9.14. The van der Waals surface area contributed by atoms with E-state index in [1.54, 1.807) is 0 Å². The number of nitrogens with two attached hydrogens (primary N) is 1. The van der Waals surface area contributed by atoms with Crippen LogP contribution >= 0.6 is 27.5 Å². The number of sulfone groups is 1. The van der Waals surface area contributed by atoms with E-state index in [1.165, 1.54) is 24.3 Å². The Morgan fingerprint density at radius 3 is 2.22 bits per heavy atom. The number of hydrogen-bond donors (Lipinski definition) is 2. The number of hydrogen-bond acceptors (Lipinski definition) is 4. The molecule has 0 aromatic heterocycles. The quantitative estimate of drug-likeness (QED) is 0.803. The summed E-state index contributed by atoms with van der Waals surface area (Å²) in [7, 11) is -3.67. The highest BCUT2D eigenvalue weighted by molar-refractivity contribution is 9.10. The first kappa shape index (κ1) is 16.9. The van der Waals surface area contributed by atoms with Crippen LogP contribution in [0.25, 0.3) is 0 Å². The van der Waals surface area contributed by atoms with Crippen LogP contribution in [-0.4, -0.2) is 30.9 Å². The van der Waals surface area contributed by atoms with Crippen molar-refractivity contribution < 1.29 is 13.5 Å². The molecule has 2 aromatic carbocycles. The van der Waals surface area contributed by atoms with Crippen molar-refractivity contribution in [1.82, 2.24) is 0 Å². The van der Waals surface area contributed by atoms with Gasteiger partial charge in [0.25, 0.3) is 0 Å². The number of benzene rings is 2. The van der Waals surface area contributed by atoms with Gasteiger partial charge in [-0.25, -0.2) is 8.42 Å². The SMILES string of the molecule is NC1(CO)C(c2ccc(Br)cc2)C1S(=O)(=O)c1ccc(Cl)cc1. The van der Waals surface area contributed by atoms with E-state index in [9.17, 15) is 13.5 Å². The van der Waals surface area contributed by atoms with E-state index in [4.69, 9.17) is 17.3 Å². The summed E-state index contributed by atoms with van der Waals surface area (Å²) >= 11 is 9.16. The third kappa shape index (κ3) is 2.83. The Bertz CT molecular complexity index is 823. The minimum atomic E-state index is -3.67. The summed E-state index contributed by atoms with van der Waals surface area (Å²) in [5.74, 6) is -0.443. The van der Waals surface area contributed by atoms with E-state index in [1.807, 2.05) is 24.3 Å². The third-order valence-electron chi connectivity index (χ3n) is 4.28. The molecule has 3 atom stereocenters. The molecule has 1 aliphatic rings. The number of halogens is 2. The summed E-state index contributed by atoms with van der Waals surface area (Å²) in [6.45, 7) is -0.398. The number of rotatable bonds is 4. The maximum absolute atomic E-state index is 12.9. The third-order valence-corrected chi connectivity index (χ3v) is 7.37. The molecule has 7 heteroatoms. The summed E-state index contributed by atoms with van der Waals surface area (Å²) in [6.07, 6.45) is 0. The molecule has 0 saturated heterocycles. The Kier molecular flexibility index (Phi) is 4.31. The maximum atomic E-state index is 12.9. The van der Waals surface area contributed by atoms with Crippen LogP contribution < -0.4 is 5.73 Å². The molecule has 0 spiro atoms. The molecule has 1 fully saturated rings. The van der Waals surface area contributed by atoms with Crippen molar-refractivity contribution in [1.29, 1.82) is 0 Å². The molecule has 0 aliphatic heterocycles. The predicted molar refractivity (Wildman–Crippen MR) is 93.3 cm³/mol. The van der Waals surface area contributed by atoms with E-state index < -0.39 is 33.2 Å². The van der Waals surface area contributed by atoms with E-state index >= 15 is 0 Å². The lowest BCUT2D eigenvalue weighted by Crippen LogP contribution is -2.35. The van der Waals surface area contributed by atoms with Crippen LogP contribution in [0.5, 0.6) is 0 Å². The average molecular weight is 417 g/mol. The molecular weight excluding hydrogens is 402 g/mol. The molecule has 4 nitrogen and oxygen atoms in total. The normalized spacial score (nSPS) is 27.0. The highest BCUT2D eigenvalue weighted by Crippen LogP contribution is 2.55.